The van der Waals surface area contributed by atoms with Gasteiger partial charge in [-0.2, -0.15) is 24.9 Å². The minimum atomic E-state index is -1.82. The van der Waals surface area contributed by atoms with Crippen molar-refractivity contribution in [3.05, 3.63) is 110 Å². The van der Waals surface area contributed by atoms with Crippen molar-refractivity contribution in [3.8, 4) is 0 Å². The molecule has 0 bridgehead atoms. The molecule has 0 amide bonds. The molecule has 0 spiro atoms. The van der Waals surface area contributed by atoms with E-state index in [1.165, 1.54) is 18.6 Å². The van der Waals surface area contributed by atoms with E-state index in [0.29, 0.717) is 39.4 Å². The molecular weight excluding hydrogens is 1320 g/mol. The molecule has 5 aliphatic heterocycles. The molecule has 91 heavy (non-hydrogen) atoms. The maximum atomic E-state index is 13.9. The third-order valence-corrected chi connectivity index (χ3v) is 15.5. The van der Waals surface area contributed by atoms with Gasteiger partial charge in [-0.3, -0.25) is 22.8 Å². The van der Waals surface area contributed by atoms with Crippen LogP contribution in [-0.2, 0) is 23.7 Å². The molecule has 5 aromatic heterocycles. The van der Waals surface area contributed by atoms with Crippen molar-refractivity contribution in [2.45, 2.75) is 184 Å². The largest absolute Gasteiger partial charge is 0.394 e. The lowest BCUT2D eigenvalue weighted by atomic mass is 10.1. The summed E-state index contributed by atoms with van der Waals surface area (Å²) in [5.74, 6) is -1.49. The Morgan fingerprint density at radius 2 is 0.703 bits per heavy atom. The van der Waals surface area contributed by atoms with Crippen molar-refractivity contribution < 1.29 is 85.8 Å². The van der Waals surface area contributed by atoms with E-state index < -0.39 is 176 Å². The molecule has 5 aliphatic rings. The van der Waals surface area contributed by atoms with Gasteiger partial charge in [-0.1, -0.05) is 39.8 Å². The summed E-state index contributed by atoms with van der Waals surface area (Å²) in [7, 11) is 0. The molecule has 5 aromatic rings. The number of nitrogen functional groups attached to an aromatic ring is 5. The van der Waals surface area contributed by atoms with Gasteiger partial charge in [-0.25, -0.2) is 50.3 Å². The molecule has 20 atom stereocenters. The van der Waals surface area contributed by atoms with E-state index in [0.717, 1.165) is 30.7 Å². The van der Waals surface area contributed by atoms with Crippen LogP contribution in [0.25, 0.3) is 0 Å². The summed E-state index contributed by atoms with van der Waals surface area (Å²) in [5.41, 5.74) is 23.9. The van der Waals surface area contributed by atoms with Crippen LogP contribution in [0.3, 0.4) is 0 Å². The Bertz CT molecular complexity index is 3080. The lowest BCUT2D eigenvalue weighted by molar-refractivity contribution is -0.0491. The Balaban J connectivity index is 0.000000206. The van der Waals surface area contributed by atoms with Crippen LogP contribution in [-0.4, -0.2) is 189 Å². The van der Waals surface area contributed by atoms with Crippen molar-refractivity contribution >= 4 is 56.6 Å². The zero-order valence-electron chi connectivity index (χ0n) is 48.1. The highest BCUT2D eigenvalue weighted by Crippen LogP contribution is 2.37. The maximum absolute atomic E-state index is 13.9. The molecule has 0 aliphatic carbocycles. The molecule has 0 saturated carbocycles. The van der Waals surface area contributed by atoms with Gasteiger partial charge in [0.05, 0.1) is 47.2 Å². The van der Waals surface area contributed by atoms with Gasteiger partial charge in [0.15, 0.2) is 73.6 Å². The summed E-state index contributed by atoms with van der Waals surface area (Å²) in [6, 6.07) is 0. The number of aryl methyl sites for hydroxylation is 2. The fourth-order valence-electron chi connectivity index (χ4n) is 9.39. The van der Waals surface area contributed by atoms with Gasteiger partial charge in [0.25, 0.3) is 0 Å². The first-order valence-electron chi connectivity index (χ1n) is 27.2. The number of nitrogens with two attached hydrogens (primary N) is 5. The standard InChI is InChI=1S/C10H13BrFN3O3.C10H13ClFN3O3.C10H13F2N3O3.2C10H14FN3O4.CH4/c3*1-2-5-7(16)6(12)9(18-5)15-3-4(11)8(13)14-10(15)17;2*1-4-2-14(10(17)13-8(4)12)9-6(11)7(16)5(3-15)18-9;/h3*3,5-7,9,16H,2H2,1H3,(H2,13,14,17);2*2,5-7,9,15-16H,3H2,1H3,(H2,12,13,17);1H4/i3*12-1;2*11-1;. The van der Waals surface area contributed by atoms with Crippen LogP contribution in [0.1, 0.15) is 89.7 Å². The van der Waals surface area contributed by atoms with E-state index in [2.05, 4.69) is 40.8 Å². The Morgan fingerprint density at radius 3 is 1.00 bits per heavy atom. The van der Waals surface area contributed by atoms with Crippen molar-refractivity contribution in [2.24, 2.45) is 0 Å². The summed E-state index contributed by atoms with van der Waals surface area (Å²) in [6.45, 7) is 7.37. The van der Waals surface area contributed by atoms with Crippen LogP contribution in [0.4, 0.5) is 55.4 Å². The number of hydrogen-bond acceptors (Lipinski definition) is 27. The number of aromatic nitrogens is 10. The smallest absolute Gasteiger partial charge is 0.351 e. The monoisotopic (exact) mass is 1390 g/mol. The van der Waals surface area contributed by atoms with Crippen LogP contribution in [0.5, 0.6) is 0 Å². The van der Waals surface area contributed by atoms with Gasteiger partial charge in [0, 0.05) is 35.9 Å². The third kappa shape index (κ3) is 16.4. The second-order valence-electron chi connectivity index (χ2n) is 20.6. The molecule has 0 radical (unpaired) electrons. The van der Waals surface area contributed by atoms with Gasteiger partial charge >= 0.3 is 28.4 Å². The maximum Gasteiger partial charge on any atom is 0.351 e. The van der Waals surface area contributed by atoms with Crippen LogP contribution < -0.4 is 57.1 Å². The predicted molar refractivity (Wildman–Crippen MR) is 313 cm³/mol. The zero-order valence-corrected chi connectivity index (χ0v) is 50.4. The quantitative estimate of drug-likeness (QED) is 0.0756. The van der Waals surface area contributed by atoms with Gasteiger partial charge in [-0.15, -0.1) is 0 Å². The number of aliphatic hydroxyl groups is 7. The van der Waals surface area contributed by atoms with E-state index in [1.807, 2.05) is 0 Å². The van der Waals surface area contributed by atoms with Gasteiger partial charge < -0.3 is 88.1 Å². The number of hydrogen-bond donors (Lipinski definition) is 12. The summed E-state index contributed by atoms with van der Waals surface area (Å²) >= 11 is 8.84. The summed E-state index contributed by atoms with van der Waals surface area (Å²) < 4.78 is 113. The van der Waals surface area contributed by atoms with Crippen molar-refractivity contribution in [1.29, 1.82) is 0 Å². The molecule has 5 fully saturated rings. The first-order chi connectivity index (χ1) is 42.3. The fourth-order valence-corrected chi connectivity index (χ4v) is 9.85. The number of rotatable bonds is 10. The van der Waals surface area contributed by atoms with Crippen LogP contribution in [0.15, 0.2) is 59.4 Å². The fraction of sp³-hybridized carbons (Fsp3) is 0.608. The van der Waals surface area contributed by atoms with E-state index >= 15 is 0 Å². The molecule has 40 heteroatoms. The molecule has 508 valence electrons. The molecule has 0 aromatic carbocycles. The highest BCUT2D eigenvalue weighted by atomic mass is 79.9. The Hall–Kier alpha value is -6.73. The van der Waals surface area contributed by atoms with Crippen LogP contribution in [0.2, 0.25) is 5.02 Å². The lowest BCUT2D eigenvalue weighted by Gasteiger charge is -2.16. The van der Waals surface area contributed by atoms with Crippen molar-refractivity contribution in [1.82, 2.24) is 47.8 Å². The second kappa shape index (κ2) is 31.7. The van der Waals surface area contributed by atoms with E-state index in [1.54, 1.807) is 34.6 Å². The Labute approximate surface area is 524 Å². The number of halogens is 8. The lowest BCUT2D eigenvalue weighted by Crippen LogP contribution is -2.34. The molecule has 20 unspecified atom stereocenters. The molecular formula is C51H71BrClF6N15O17. The average Bonchev–Trinajstić information content (AvgIpc) is 2.05. The van der Waals surface area contributed by atoms with Gasteiger partial charge in [0.2, 0.25) is 0 Å². The normalized spacial score (nSPS) is 31.4. The zero-order chi connectivity index (χ0) is 67.2. The molecule has 32 nitrogen and oxygen atoms in total. The predicted octanol–water partition coefficient (Wildman–Crippen LogP) is -0.868. The molecule has 5 saturated heterocycles. The van der Waals surface area contributed by atoms with Crippen LogP contribution in [0, 0.1) is 19.7 Å². The minimum Gasteiger partial charge on any atom is -0.394 e. The number of alkyl halides is 5. The van der Waals surface area contributed by atoms with Gasteiger partial charge in [-0.05, 0) is 49.0 Å². The molecule has 17 N–H and O–H groups in total. The summed E-state index contributed by atoms with van der Waals surface area (Å²) in [5, 5.41) is 65.6. The first-order valence-corrected chi connectivity index (χ1v) is 28.4. The number of ether oxygens (including phenoxy) is 5. The Kier molecular flexibility index (Phi) is 26.2. The van der Waals surface area contributed by atoms with Crippen molar-refractivity contribution in [3.63, 3.8) is 0 Å². The third-order valence-electron chi connectivity index (χ3n) is 14.6. The van der Waals surface area contributed by atoms with Gasteiger partial charge in [0.1, 0.15) is 66.0 Å². The summed E-state index contributed by atoms with van der Waals surface area (Å²) in [4.78, 5) is 75.2. The number of anilines is 5. The van der Waals surface area contributed by atoms with E-state index in [9.17, 15) is 75.8 Å². The highest BCUT2D eigenvalue weighted by Gasteiger charge is 2.49. The Morgan fingerprint density at radius 1 is 0.451 bits per heavy atom. The SMILES string of the molecule is C.CCC1OC(n2cc(Br)c(N)nc2=O)C([18F])C1O.CCC1OC(n2cc(Cl)c(N)nc2=O)C([18F])C1O.CCC1OC(n2cc(F)c(N)nc2=O)C([18F])C1O.Cc1cn(C2OC(CO)C(O)C2[18F])c(=O)nc1N.Cc1cn(C2OC(CO)C(O)C2[18F])c(=O)nc1N. The molecule has 10 heterocycles. The number of aliphatic hydroxyl groups excluding tert-OH is 7. The topological polar surface area (TPSA) is 492 Å². The summed E-state index contributed by atoms with van der Waals surface area (Å²) in [6.07, 6.45) is -19.2. The minimum absolute atomic E-state index is 0. The first kappa shape index (κ1) is 75.0. The van der Waals surface area contributed by atoms with E-state index in [-0.39, 0.29) is 35.7 Å². The van der Waals surface area contributed by atoms with Crippen LogP contribution >= 0.6 is 27.5 Å². The number of nitrogens with zero attached hydrogens (tertiary/aromatic N) is 10. The second-order valence-corrected chi connectivity index (χ2v) is 21.8. The van der Waals surface area contributed by atoms with Crippen molar-refractivity contribution in [2.75, 3.05) is 41.9 Å². The molecule has 10 rings (SSSR count). The average molecular weight is 1390 g/mol. The van der Waals surface area contributed by atoms with E-state index in [4.69, 9.17) is 74.2 Å². The highest BCUT2D eigenvalue weighted by molar-refractivity contribution is 9.10.